The minimum Gasteiger partial charge on any atom is -0.484 e. The van der Waals surface area contributed by atoms with Gasteiger partial charge in [-0.1, -0.05) is 35.5 Å². The van der Waals surface area contributed by atoms with Crippen LogP contribution in [0.25, 0.3) is 11.4 Å². The lowest BCUT2D eigenvalue weighted by atomic mass is 10.1. The number of benzene rings is 2. The number of hydrogen-bond donors (Lipinski definition) is 1. The number of amides is 2. The van der Waals surface area contributed by atoms with Gasteiger partial charge in [-0.2, -0.15) is 4.98 Å². The van der Waals surface area contributed by atoms with Crippen molar-refractivity contribution in [3.63, 3.8) is 0 Å². The zero-order valence-electron chi connectivity index (χ0n) is 19.3. The molecule has 2 aliphatic heterocycles. The molecule has 1 aromatic heterocycles. The SMILES string of the molecule is O=C(c1ccc(-c2noc(C3CNCCN3C(=O)COc3ccccc3)n2)cc1)N1CCOCC1. The van der Waals surface area contributed by atoms with Crippen LogP contribution in [0.4, 0.5) is 0 Å². The molecule has 0 spiro atoms. The van der Waals surface area contributed by atoms with Gasteiger partial charge < -0.3 is 29.1 Å². The van der Waals surface area contributed by atoms with Crippen LogP contribution in [0.3, 0.4) is 0 Å². The first-order chi connectivity index (χ1) is 17.2. The van der Waals surface area contributed by atoms with E-state index in [1.165, 1.54) is 0 Å². The van der Waals surface area contributed by atoms with E-state index < -0.39 is 0 Å². The third kappa shape index (κ3) is 5.33. The van der Waals surface area contributed by atoms with Gasteiger partial charge in [0.1, 0.15) is 11.8 Å². The van der Waals surface area contributed by atoms with E-state index >= 15 is 0 Å². The quantitative estimate of drug-likeness (QED) is 0.572. The maximum atomic E-state index is 12.9. The van der Waals surface area contributed by atoms with Gasteiger partial charge in [0.15, 0.2) is 6.61 Å². The summed E-state index contributed by atoms with van der Waals surface area (Å²) in [5.74, 6) is 1.24. The van der Waals surface area contributed by atoms with Crippen molar-refractivity contribution in [3.8, 4) is 17.1 Å². The lowest BCUT2D eigenvalue weighted by molar-refractivity contribution is -0.137. The van der Waals surface area contributed by atoms with Crippen LogP contribution in [0.15, 0.2) is 59.1 Å². The molecule has 2 aliphatic rings. The summed E-state index contributed by atoms with van der Waals surface area (Å²) >= 11 is 0. The Morgan fingerprint density at radius 1 is 1.03 bits per heavy atom. The third-order valence-electron chi connectivity index (χ3n) is 6.08. The Morgan fingerprint density at radius 3 is 2.57 bits per heavy atom. The topological polar surface area (TPSA) is 110 Å². The molecule has 0 aliphatic carbocycles. The number of carbonyl (C=O) groups excluding carboxylic acids is 2. The van der Waals surface area contributed by atoms with E-state index in [4.69, 9.17) is 14.0 Å². The molecule has 3 aromatic rings. The summed E-state index contributed by atoms with van der Waals surface area (Å²) in [5.41, 5.74) is 1.33. The maximum absolute atomic E-state index is 12.9. The van der Waals surface area contributed by atoms with Crippen LogP contribution in [0.5, 0.6) is 5.75 Å². The molecule has 0 bridgehead atoms. The molecule has 2 aromatic carbocycles. The molecule has 2 amide bonds. The highest BCUT2D eigenvalue weighted by atomic mass is 16.5. The van der Waals surface area contributed by atoms with Crippen molar-refractivity contribution >= 4 is 11.8 Å². The van der Waals surface area contributed by atoms with Crippen LogP contribution < -0.4 is 10.1 Å². The number of ether oxygens (including phenoxy) is 2. The van der Waals surface area contributed by atoms with E-state index in [0.29, 0.717) is 69.0 Å². The average Bonchev–Trinajstić information content (AvgIpc) is 3.43. The van der Waals surface area contributed by atoms with Gasteiger partial charge in [-0.15, -0.1) is 0 Å². The van der Waals surface area contributed by atoms with Gasteiger partial charge in [-0.05, 0) is 24.3 Å². The Balaban J connectivity index is 1.25. The molecular formula is C25H27N5O5. The van der Waals surface area contributed by atoms with Gasteiger partial charge in [-0.25, -0.2) is 0 Å². The standard InChI is InChI=1S/C25H27N5O5/c31-22(17-34-20-4-2-1-3-5-20)30-11-10-26-16-21(30)24-27-23(28-35-24)18-6-8-19(9-7-18)25(32)29-12-14-33-15-13-29/h1-9,21,26H,10-17H2. The summed E-state index contributed by atoms with van der Waals surface area (Å²) in [5, 5.41) is 7.40. The molecule has 35 heavy (non-hydrogen) atoms. The number of aromatic nitrogens is 2. The molecule has 10 heteroatoms. The second-order valence-electron chi connectivity index (χ2n) is 8.35. The minimum absolute atomic E-state index is 0.0196. The first-order valence-corrected chi connectivity index (χ1v) is 11.7. The normalized spacial score (nSPS) is 18.3. The second-order valence-corrected chi connectivity index (χ2v) is 8.35. The highest BCUT2D eigenvalue weighted by Gasteiger charge is 2.32. The van der Waals surface area contributed by atoms with Crippen molar-refractivity contribution < 1.29 is 23.6 Å². The van der Waals surface area contributed by atoms with Gasteiger partial charge in [0, 0.05) is 43.9 Å². The van der Waals surface area contributed by atoms with Crippen molar-refractivity contribution in [2.75, 3.05) is 52.5 Å². The minimum atomic E-state index is -0.390. The number of nitrogens with one attached hydrogen (secondary N) is 1. The van der Waals surface area contributed by atoms with Crippen LogP contribution >= 0.6 is 0 Å². The fourth-order valence-corrected chi connectivity index (χ4v) is 4.17. The smallest absolute Gasteiger partial charge is 0.261 e. The van der Waals surface area contributed by atoms with Crippen molar-refractivity contribution in [1.29, 1.82) is 0 Å². The summed E-state index contributed by atoms with van der Waals surface area (Å²) in [4.78, 5) is 33.6. The Morgan fingerprint density at radius 2 is 1.80 bits per heavy atom. The second kappa shape index (κ2) is 10.7. The summed E-state index contributed by atoms with van der Waals surface area (Å²) in [6, 6.07) is 16.0. The molecule has 2 saturated heterocycles. The molecular weight excluding hydrogens is 450 g/mol. The molecule has 2 fully saturated rings. The van der Waals surface area contributed by atoms with Gasteiger partial charge in [-0.3, -0.25) is 9.59 Å². The average molecular weight is 478 g/mol. The molecule has 0 saturated carbocycles. The zero-order valence-corrected chi connectivity index (χ0v) is 19.3. The van der Waals surface area contributed by atoms with E-state index in [2.05, 4.69) is 15.5 Å². The Bertz CT molecular complexity index is 1140. The highest BCUT2D eigenvalue weighted by molar-refractivity contribution is 5.94. The number of para-hydroxylation sites is 1. The van der Waals surface area contributed by atoms with Gasteiger partial charge >= 0.3 is 0 Å². The van der Waals surface area contributed by atoms with E-state index in [1.807, 2.05) is 30.3 Å². The molecule has 1 unspecified atom stereocenters. The highest BCUT2D eigenvalue weighted by Crippen LogP contribution is 2.25. The number of hydrogen-bond acceptors (Lipinski definition) is 8. The first kappa shape index (κ1) is 23.0. The van der Waals surface area contributed by atoms with Gasteiger partial charge in [0.2, 0.25) is 5.82 Å². The fraction of sp³-hybridized carbons (Fsp3) is 0.360. The summed E-state index contributed by atoms with van der Waals surface area (Å²) in [7, 11) is 0. The van der Waals surface area contributed by atoms with Gasteiger partial charge in [0.05, 0.1) is 13.2 Å². The summed E-state index contributed by atoms with van der Waals surface area (Å²) in [6.07, 6.45) is 0. The number of morpholine rings is 1. The van der Waals surface area contributed by atoms with Gasteiger partial charge in [0.25, 0.3) is 17.7 Å². The largest absolute Gasteiger partial charge is 0.484 e. The van der Waals surface area contributed by atoms with Crippen LogP contribution in [-0.2, 0) is 9.53 Å². The molecule has 5 rings (SSSR count). The molecule has 3 heterocycles. The Labute approximate surface area is 202 Å². The molecule has 0 radical (unpaired) electrons. The van der Waals surface area contributed by atoms with E-state index in [-0.39, 0.29) is 24.5 Å². The van der Waals surface area contributed by atoms with Crippen molar-refractivity contribution in [2.45, 2.75) is 6.04 Å². The number of nitrogens with zero attached hydrogens (tertiary/aromatic N) is 4. The molecule has 1 atom stereocenters. The Hall–Kier alpha value is -3.76. The van der Waals surface area contributed by atoms with Crippen molar-refractivity contribution in [1.82, 2.24) is 25.3 Å². The van der Waals surface area contributed by atoms with Crippen LogP contribution in [0.2, 0.25) is 0 Å². The molecule has 10 nitrogen and oxygen atoms in total. The maximum Gasteiger partial charge on any atom is 0.261 e. The van der Waals surface area contributed by atoms with Crippen LogP contribution in [-0.4, -0.2) is 84.3 Å². The number of rotatable bonds is 6. The predicted molar refractivity (Wildman–Crippen MR) is 126 cm³/mol. The lowest BCUT2D eigenvalue weighted by Gasteiger charge is -2.33. The monoisotopic (exact) mass is 477 g/mol. The third-order valence-corrected chi connectivity index (χ3v) is 6.08. The lowest BCUT2D eigenvalue weighted by Crippen LogP contribution is -2.50. The first-order valence-electron chi connectivity index (χ1n) is 11.7. The molecule has 182 valence electrons. The van der Waals surface area contributed by atoms with E-state index in [1.54, 1.807) is 34.1 Å². The number of piperazine rings is 1. The van der Waals surface area contributed by atoms with Crippen molar-refractivity contribution in [2.24, 2.45) is 0 Å². The molecule has 1 N–H and O–H groups in total. The van der Waals surface area contributed by atoms with E-state index in [0.717, 1.165) is 5.56 Å². The summed E-state index contributed by atoms with van der Waals surface area (Å²) < 4.78 is 16.5. The van der Waals surface area contributed by atoms with E-state index in [9.17, 15) is 9.59 Å². The summed E-state index contributed by atoms with van der Waals surface area (Å²) in [6.45, 7) is 3.93. The van der Waals surface area contributed by atoms with Crippen LogP contribution in [0.1, 0.15) is 22.3 Å². The predicted octanol–water partition coefficient (Wildman–Crippen LogP) is 1.76. The zero-order chi connectivity index (χ0) is 24.0. The fourth-order valence-electron chi connectivity index (χ4n) is 4.17. The van der Waals surface area contributed by atoms with Crippen LogP contribution in [0, 0.1) is 0 Å². The van der Waals surface area contributed by atoms with Crippen molar-refractivity contribution in [3.05, 3.63) is 66.1 Å². The Kier molecular flexibility index (Phi) is 7.01. The number of carbonyl (C=O) groups is 2.